The standard InChI is InChI=1S/C22H27ClFN5O2.2ClH/c1-12-7-18(30)20-19(12)21(27-11-26-20)29-6-5-28(10-13(29)2)22(31)17(25)9-14-3-4-15(23)16(24)8-14;;/h3-4,8,11-13,17-18,30H,5-7,9-10,25H2,1-2H3;2*1H/t12-,13+,17?,18-;;/m1../s1. The van der Waals surface area contributed by atoms with Crippen molar-refractivity contribution in [2.45, 2.75) is 50.8 Å². The number of piperazine rings is 1. The second-order valence-electron chi connectivity index (χ2n) is 8.53. The van der Waals surface area contributed by atoms with Crippen molar-refractivity contribution < 1.29 is 14.3 Å². The van der Waals surface area contributed by atoms with E-state index in [1.165, 1.54) is 18.5 Å². The summed E-state index contributed by atoms with van der Waals surface area (Å²) < 4.78 is 13.7. The van der Waals surface area contributed by atoms with Gasteiger partial charge in [-0.3, -0.25) is 4.79 Å². The number of amides is 1. The summed E-state index contributed by atoms with van der Waals surface area (Å²) in [6, 6.07) is 3.76. The van der Waals surface area contributed by atoms with E-state index in [0.717, 1.165) is 11.4 Å². The lowest BCUT2D eigenvalue weighted by atomic mass is 10.0. The van der Waals surface area contributed by atoms with Crippen molar-refractivity contribution in [2.75, 3.05) is 24.5 Å². The fourth-order valence-corrected chi connectivity index (χ4v) is 4.76. The van der Waals surface area contributed by atoms with E-state index in [2.05, 4.69) is 21.8 Å². The maximum Gasteiger partial charge on any atom is 0.239 e. The van der Waals surface area contributed by atoms with E-state index in [9.17, 15) is 14.3 Å². The molecule has 11 heteroatoms. The van der Waals surface area contributed by atoms with Gasteiger partial charge in [0, 0.05) is 31.2 Å². The van der Waals surface area contributed by atoms with Gasteiger partial charge in [-0.25, -0.2) is 14.4 Å². The first-order valence-electron chi connectivity index (χ1n) is 10.5. The predicted octanol–water partition coefficient (Wildman–Crippen LogP) is 3.26. The Labute approximate surface area is 210 Å². The molecule has 3 N–H and O–H groups in total. The second kappa shape index (κ2) is 11.1. The molecule has 0 radical (unpaired) electrons. The topological polar surface area (TPSA) is 95.6 Å². The number of rotatable bonds is 4. The van der Waals surface area contributed by atoms with Crippen molar-refractivity contribution in [1.82, 2.24) is 14.9 Å². The van der Waals surface area contributed by atoms with Crippen LogP contribution in [0.4, 0.5) is 10.2 Å². The van der Waals surface area contributed by atoms with Crippen LogP contribution in [0.5, 0.6) is 0 Å². The normalized spacial score (nSPS) is 22.8. The summed E-state index contributed by atoms with van der Waals surface area (Å²) in [6.07, 6.45) is 1.84. The second-order valence-corrected chi connectivity index (χ2v) is 8.94. The van der Waals surface area contributed by atoms with Crippen LogP contribution >= 0.6 is 36.4 Å². The van der Waals surface area contributed by atoms with Gasteiger partial charge < -0.3 is 20.6 Å². The lowest BCUT2D eigenvalue weighted by Gasteiger charge is -2.42. The Morgan fingerprint density at radius 2 is 2.03 bits per heavy atom. The van der Waals surface area contributed by atoms with Gasteiger partial charge in [0.05, 0.1) is 22.9 Å². The molecule has 4 atom stereocenters. The fraction of sp³-hybridized carbons (Fsp3) is 0.500. The molecule has 1 aromatic carbocycles. The lowest BCUT2D eigenvalue weighted by Crippen LogP contribution is -2.57. The van der Waals surface area contributed by atoms with Crippen molar-refractivity contribution in [3.8, 4) is 0 Å². The summed E-state index contributed by atoms with van der Waals surface area (Å²) >= 11 is 5.72. The van der Waals surface area contributed by atoms with Crippen LogP contribution in [0.3, 0.4) is 0 Å². The number of hydrogen-bond donors (Lipinski definition) is 2. The number of halogens is 4. The van der Waals surface area contributed by atoms with Gasteiger partial charge in [0.2, 0.25) is 5.91 Å². The third-order valence-electron chi connectivity index (χ3n) is 6.25. The van der Waals surface area contributed by atoms with Crippen molar-refractivity contribution in [3.63, 3.8) is 0 Å². The molecule has 1 aromatic heterocycles. The molecule has 1 amide bonds. The Balaban J connectivity index is 0.00000193. The maximum absolute atomic E-state index is 13.7. The van der Waals surface area contributed by atoms with E-state index in [0.29, 0.717) is 37.3 Å². The van der Waals surface area contributed by atoms with Crippen LogP contribution in [0.2, 0.25) is 5.02 Å². The number of carbonyl (C=O) groups excluding carboxylic acids is 1. The zero-order valence-corrected chi connectivity index (χ0v) is 20.8. The van der Waals surface area contributed by atoms with Gasteiger partial charge >= 0.3 is 0 Å². The molecule has 2 aromatic rings. The molecule has 1 saturated heterocycles. The molecule has 0 bridgehead atoms. The van der Waals surface area contributed by atoms with Gasteiger partial charge in [0.15, 0.2) is 0 Å². The number of benzene rings is 1. The number of nitrogens with two attached hydrogens (primary N) is 1. The summed E-state index contributed by atoms with van der Waals surface area (Å²) in [5, 5.41) is 10.3. The number of fused-ring (bicyclic) bond motifs is 1. The number of aromatic nitrogens is 2. The van der Waals surface area contributed by atoms with Gasteiger partial charge in [0.25, 0.3) is 0 Å². The fourth-order valence-electron chi connectivity index (χ4n) is 4.65. The van der Waals surface area contributed by atoms with Crippen LogP contribution in [-0.2, 0) is 11.2 Å². The Bertz CT molecular complexity index is 998. The van der Waals surface area contributed by atoms with Crippen LogP contribution in [0, 0.1) is 5.82 Å². The van der Waals surface area contributed by atoms with Gasteiger partial charge in [-0.15, -0.1) is 24.8 Å². The smallest absolute Gasteiger partial charge is 0.239 e. The SMILES string of the molecule is C[C@@H]1C[C@@H](O)c2ncnc(N3CCN(C(=O)C(N)Cc4ccc(Cl)c(F)c4)C[C@@H]3C)c21.Cl.Cl. The van der Waals surface area contributed by atoms with Gasteiger partial charge in [-0.2, -0.15) is 0 Å². The third kappa shape index (κ3) is 5.52. The lowest BCUT2D eigenvalue weighted by molar-refractivity contribution is -0.133. The average Bonchev–Trinajstić information content (AvgIpc) is 3.04. The zero-order valence-electron chi connectivity index (χ0n) is 18.4. The van der Waals surface area contributed by atoms with E-state index in [4.69, 9.17) is 17.3 Å². The molecule has 1 aliphatic heterocycles. The van der Waals surface area contributed by atoms with Crippen LogP contribution in [0.15, 0.2) is 24.5 Å². The monoisotopic (exact) mass is 519 g/mol. The van der Waals surface area contributed by atoms with Crippen LogP contribution in [-0.4, -0.2) is 57.6 Å². The largest absolute Gasteiger partial charge is 0.387 e. The van der Waals surface area contributed by atoms with E-state index in [1.807, 2.05) is 6.92 Å². The number of anilines is 1. The van der Waals surface area contributed by atoms with Crippen LogP contribution in [0.1, 0.15) is 49.1 Å². The molecule has 1 unspecified atom stereocenters. The molecule has 0 saturated carbocycles. The van der Waals surface area contributed by atoms with Crippen molar-refractivity contribution >= 4 is 48.1 Å². The minimum absolute atomic E-state index is 0. The Hall–Kier alpha value is -1.71. The molecule has 182 valence electrons. The summed E-state index contributed by atoms with van der Waals surface area (Å²) in [5.41, 5.74) is 8.51. The number of carbonyl (C=O) groups is 1. The molecular weight excluding hydrogens is 492 g/mol. The molecule has 0 spiro atoms. The minimum atomic E-state index is -0.752. The minimum Gasteiger partial charge on any atom is -0.387 e. The molecule has 33 heavy (non-hydrogen) atoms. The summed E-state index contributed by atoms with van der Waals surface area (Å²) in [7, 11) is 0. The molecular formula is C22H29Cl3FN5O2. The van der Waals surface area contributed by atoms with E-state index < -0.39 is 18.0 Å². The molecule has 1 fully saturated rings. The zero-order chi connectivity index (χ0) is 22.3. The van der Waals surface area contributed by atoms with Gasteiger partial charge in [-0.05, 0) is 43.4 Å². The third-order valence-corrected chi connectivity index (χ3v) is 6.55. The number of hydrogen-bond acceptors (Lipinski definition) is 6. The van der Waals surface area contributed by atoms with Gasteiger partial charge in [-0.1, -0.05) is 24.6 Å². The van der Waals surface area contributed by atoms with Crippen molar-refractivity contribution in [3.05, 3.63) is 52.2 Å². The summed E-state index contributed by atoms with van der Waals surface area (Å²) in [5.74, 6) is 0.354. The molecule has 1 aliphatic carbocycles. The number of nitrogens with zero attached hydrogens (tertiary/aromatic N) is 4. The summed E-state index contributed by atoms with van der Waals surface area (Å²) in [4.78, 5) is 25.7. The highest BCUT2D eigenvalue weighted by atomic mass is 35.5. The first-order chi connectivity index (χ1) is 14.8. The van der Waals surface area contributed by atoms with E-state index in [1.54, 1.807) is 11.0 Å². The maximum atomic E-state index is 13.7. The van der Waals surface area contributed by atoms with Gasteiger partial charge in [0.1, 0.15) is 18.0 Å². The molecule has 4 rings (SSSR count). The first kappa shape index (κ1) is 27.5. The van der Waals surface area contributed by atoms with Crippen molar-refractivity contribution in [2.24, 2.45) is 5.73 Å². The summed E-state index contributed by atoms with van der Waals surface area (Å²) in [6.45, 7) is 5.76. The van der Waals surface area contributed by atoms with E-state index in [-0.39, 0.29) is 54.1 Å². The highest BCUT2D eigenvalue weighted by Gasteiger charge is 2.36. The highest BCUT2D eigenvalue weighted by molar-refractivity contribution is 6.30. The van der Waals surface area contributed by atoms with Crippen LogP contribution < -0.4 is 10.6 Å². The predicted molar refractivity (Wildman–Crippen MR) is 131 cm³/mol. The quantitative estimate of drug-likeness (QED) is 0.642. The Kier molecular flexibility index (Phi) is 9.30. The Morgan fingerprint density at radius 1 is 1.30 bits per heavy atom. The molecule has 7 nitrogen and oxygen atoms in total. The Morgan fingerprint density at radius 3 is 2.70 bits per heavy atom. The molecule has 2 heterocycles. The number of aliphatic hydroxyl groups is 1. The van der Waals surface area contributed by atoms with Crippen molar-refractivity contribution in [1.29, 1.82) is 0 Å². The molecule has 2 aliphatic rings. The highest BCUT2D eigenvalue weighted by Crippen LogP contribution is 2.43. The average molecular weight is 521 g/mol. The number of aliphatic hydroxyl groups excluding tert-OH is 1. The van der Waals surface area contributed by atoms with E-state index >= 15 is 0 Å². The van der Waals surface area contributed by atoms with Crippen LogP contribution in [0.25, 0.3) is 0 Å². The first-order valence-corrected chi connectivity index (χ1v) is 10.9.